The molecule has 14 heavy (non-hydrogen) atoms. The van der Waals surface area contributed by atoms with Crippen LogP contribution in [-0.2, 0) is 0 Å². The van der Waals surface area contributed by atoms with Gasteiger partial charge in [0.1, 0.15) is 6.20 Å². The molecule has 0 aliphatic heterocycles. The van der Waals surface area contributed by atoms with Gasteiger partial charge in [-0.3, -0.25) is 10.1 Å². The number of rotatable bonds is 3. The highest BCUT2D eigenvalue weighted by Gasteiger charge is 2.18. The van der Waals surface area contributed by atoms with E-state index in [4.69, 9.17) is 10.5 Å². The molecule has 0 saturated heterocycles. The predicted molar refractivity (Wildman–Crippen MR) is 48.9 cm³/mol. The number of nitro groups is 1. The second-order valence-electron chi connectivity index (χ2n) is 2.84. The molecule has 0 aliphatic carbocycles. The molecule has 0 saturated carbocycles. The van der Waals surface area contributed by atoms with Gasteiger partial charge in [0.05, 0.1) is 11.0 Å². The number of hydrogen-bond acceptors (Lipinski definition) is 6. The van der Waals surface area contributed by atoms with Crippen LogP contribution in [0, 0.1) is 10.1 Å². The molecule has 1 aromatic rings. The summed E-state index contributed by atoms with van der Waals surface area (Å²) in [6.45, 7) is 3.48. The highest BCUT2D eigenvalue weighted by molar-refractivity contribution is 5.41. The minimum atomic E-state index is -0.614. The van der Waals surface area contributed by atoms with E-state index in [1.807, 2.05) is 0 Å². The summed E-state index contributed by atoms with van der Waals surface area (Å²) in [5.41, 5.74) is 4.99. The lowest BCUT2D eigenvalue weighted by Gasteiger charge is -2.08. The third-order valence-electron chi connectivity index (χ3n) is 1.30. The minimum Gasteiger partial charge on any atom is -0.470 e. The fourth-order valence-corrected chi connectivity index (χ4v) is 0.808. The highest BCUT2D eigenvalue weighted by atomic mass is 16.6. The van der Waals surface area contributed by atoms with E-state index >= 15 is 0 Å². The molecule has 0 fully saturated rings. The lowest BCUT2D eigenvalue weighted by atomic mass is 10.4. The maximum absolute atomic E-state index is 10.5. The van der Waals surface area contributed by atoms with E-state index in [-0.39, 0.29) is 23.6 Å². The summed E-state index contributed by atoms with van der Waals surface area (Å²) in [6, 6.07) is 0. The molecule has 0 spiro atoms. The first-order chi connectivity index (χ1) is 6.50. The van der Waals surface area contributed by atoms with Crippen LogP contribution in [0.5, 0.6) is 5.88 Å². The first kappa shape index (κ1) is 10.2. The summed E-state index contributed by atoms with van der Waals surface area (Å²) < 4.78 is 5.11. The Labute approximate surface area is 80.1 Å². The lowest BCUT2D eigenvalue weighted by Crippen LogP contribution is -2.10. The monoisotopic (exact) mass is 198 g/mol. The second kappa shape index (κ2) is 3.86. The van der Waals surface area contributed by atoms with Crippen LogP contribution >= 0.6 is 0 Å². The average molecular weight is 198 g/mol. The molecule has 1 aromatic heterocycles. The topological polar surface area (TPSA) is 104 Å². The fourth-order valence-electron chi connectivity index (χ4n) is 0.808. The van der Waals surface area contributed by atoms with Gasteiger partial charge < -0.3 is 10.5 Å². The smallest absolute Gasteiger partial charge is 0.349 e. The Balaban J connectivity index is 3.09. The number of anilines is 1. The number of aromatic nitrogens is 2. The van der Waals surface area contributed by atoms with Gasteiger partial charge in [-0.15, -0.1) is 0 Å². The van der Waals surface area contributed by atoms with Gasteiger partial charge in [0, 0.05) is 0 Å². The first-order valence-electron chi connectivity index (χ1n) is 3.94. The molecule has 0 bridgehead atoms. The number of nitrogen functional groups attached to an aromatic ring is 1. The Bertz CT molecular complexity index is 353. The third-order valence-corrected chi connectivity index (χ3v) is 1.30. The van der Waals surface area contributed by atoms with Crippen molar-refractivity contribution < 1.29 is 9.66 Å². The van der Waals surface area contributed by atoms with Crippen molar-refractivity contribution in [1.29, 1.82) is 0 Å². The Morgan fingerprint density at radius 1 is 1.64 bits per heavy atom. The number of nitrogens with zero attached hydrogens (tertiary/aromatic N) is 3. The van der Waals surface area contributed by atoms with E-state index in [2.05, 4.69) is 9.97 Å². The summed E-state index contributed by atoms with van der Waals surface area (Å²) in [7, 11) is 0. The van der Waals surface area contributed by atoms with Gasteiger partial charge in [0.2, 0.25) is 5.95 Å². The van der Waals surface area contributed by atoms with Gasteiger partial charge in [0.15, 0.2) is 0 Å². The number of hydrogen-bond donors (Lipinski definition) is 1. The molecule has 0 amide bonds. The zero-order valence-corrected chi connectivity index (χ0v) is 7.80. The largest absolute Gasteiger partial charge is 0.470 e. The Hall–Kier alpha value is -1.92. The van der Waals surface area contributed by atoms with Crippen molar-refractivity contribution in [3.05, 3.63) is 16.3 Å². The van der Waals surface area contributed by atoms with Crippen LogP contribution < -0.4 is 10.5 Å². The van der Waals surface area contributed by atoms with Crippen LogP contribution in [0.4, 0.5) is 11.6 Å². The summed E-state index contributed by atoms with van der Waals surface area (Å²) in [5.74, 6) is -0.149. The molecule has 0 aromatic carbocycles. The van der Waals surface area contributed by atoms with Gasteiger partial charge in [-0.05, 0) is 13.8 Å². The van der Waals surface area contributed by atoms with Crippen molar-refractivity contribution in [3.8, 4) is 5.88 Å². The fraction of sp³-hybridized carbons (Fsp3) is 0.429. The normalized spacial score (nSPS) is 10.2. The molecular formula is C7H10N4O3. The zero-order chi connectivity index (χ0) is 10.7. The maximum Gasteiger partial charge on any atom is 0.349 e. The molecule has 76 valence electrons. The van der Waals surface area contributed by atoms with Crippen LogP contribution in [-0.4, -0.2) is 21.0 Å². The van der Waals surface area contributed by atoms with E-state index in [1.54, 1.807) is 13.8 Å². The standard InChI is InChI=1S/C7H10N4O3/c1-4(2)14-6-5(11(12)13)3-9-7(8)10-6/h3-4H,1-2H3,(H2,8,9,10). The van der Waals surface area contributed by atoms with Crippen LogP contribution in [0.15, 0.2) is 6.20 Å². The van der Waals surface area contributed by atoms with Crippen LogP contribution in [0.3, 0.4) is 0 Å². The van der Waals surface area contributed by atoms with Gasteiger partial charge in [-0.2, -0.15) is 4.98 Å². The summed E-state index contributed by atoms with van der Waals surface area (Å²) in [6.07, 6.45) is 0.822. The van der Waals surface area contributed by atoms with E-state index in [0.717, 1.165) is 6.20 Å². The molecule has 2 N–H and O–H groups in total. The second-order valence-corrected chi connectivity index (χ2v) is 2.84. The quantitative estimate of drug-likeness (QED) is 0.567. The first-order valence-corrected chi connectivity index (χ1v) is 3.94. The highest BCUT2D eigenvalue weighted by Crippen LogP contribution is 2.24. The Kier molecular flexibility index (Phi) is 2.80. The molecule has 0 aliphatic rings. The molecule has 0 radical (unpaired) electrons. The Morgan fingerprint density at radius 3 is 2.79 bits per heavy atom. The maximum atomic E-state index is 10.5. The van der Waals surface area contributed by atoms with Gasteiger partial charge in [0.25, 0.3) is 5.88 Å². The van der Waals surface area contributed by atoms with Crippen molar-refractivity contribution in [1.82, 2.24) is 9.97 Å². The van der Waals surface area contributed by atoms with Gasteiger partial charge in [-0.25, -0.2) is 4.98 Å². The summed E-state index contributed by atoms with van der Waals surface area (Å²) in [5, 5.41) is 10.5. The van der Waals surface area contributed by atoms with Crippen molar-refractivity contribution in [2.45, 2.75) is 20.0 Å². The summed E-state index contributed by atoms with van der Waals surface area (Å²) in [4.78, 5) is 17.1. The molecule has 7 nitrogen and oxygen atoms in total. The lowest BCUT2D eigenvalue weighted by molar-refractivity contribution is -0.386. The third kappa shape index (κ3) is 2.28. The van der Waals surface area contributed by atoms with Gasteiger partial charge >= 0.3 is 5.69 Å². The molecular weight excluding hydrogens is 188 g/mol. The minimum absolute atomic E-state index is 0.0498. The molecule has 1 rings (SSSR count). The molecule has 7 heteroatoms. The zero-order valence-electron chi connectivity index (χ0n) is 7.80. The van der Waals surface area contributed by atoms with Crippen molar-refractivity contribution in [3.63, 3.8) is 0 Å². The summed E-state index contributed by atoms with van der Waals surface area (Å²) >= 11 is 0. The van der Waals surface area contributed by atoms with Gasteiger partial charge in [-0.1, -0.05) is 0 Å². The number of ether oxygens (including phenoxy) is 1. The number of nitrogens with two attached hydrogens (primary N) is 1. The predicted octanol–water partition coefficient (Wildman–Crippen LogP) is 0.754. The van der Waals surface area contributed by atoms with E-state index in [1.165, 1.54) is 0 Å². The van der Waals surface area contributed by atoms with Crippen LogP contribution in [0.2, 0.25) is 0 Å². The molecule has 0 atom stereocenters. The van der Waals surface area contributed by atoms with E-state index < -0.39 is 4.92 Å². The Morgan fingerprint density at radius 2 is 2.29 bits per heavy atom. The van der Waals surface area contributed by atoms with Crippen molar-refractivity contribution in [2.24, 2.45) is 0 Å². The van der Waals surface area contributed by atoms with Crippen molar-refractivity contribution >= 4 is 11.6 Å². The van der Waals surface area contributed by atoms with Crippen LogP contribution in [0.1, 0.15) is 13.8 Å². The van der Waals surface area contributed by atoms with E-state index in [0.29, 0.717) is 0 Å². The SMILES string of the molecule is CC(C)Oc1nc(N)ncc1[N+](=O)[O-]. The van der Waals surface area contributed by atoms with Crippen molar-refractivity contribution in [2.75, 3.05) is 5.73 Å². The van der Waals surface area contributed by atoms with E-state index in [9.17, 15) is 10.1 Å². The average Bonchev–Trinajstić information content (AvgIpc) is 2.01. The molecule has 0 unspecified atom stereocenters. The van der Waals surface area contributed by atoms with Crippen LogP contribution in [0.25, 0.3) is 0 Å². The molecule has 1 heterocycles.